The number of rotatable bonds is 29. The first-order valence-corrected chi connectivity index (χ1v) is 33.9. The highest BCUT2D eigenvalue weighted by Crippen LogP contribution is 2.49. The number of unbranched alkanes of at least 4 members (excludes halogenated alkanes) is 1. The number of hydrogen-bond acceptors (Lipinski definition) is 14. The molecule has 3 atom stereocenters. The van der Waals surface area contributed by atoms with E-state index >= 15 is 4.79 Å². The van der Waals surface area contributed by atoms with E-state index in [1.807, 2.05) is 75.0 Å². The van der Waals surface area contributed by atoms with Gasteiger partial charge in [0, 0.05) is 113 Å². The summed E-state index contributed by atoms with van der Waals surface area (Å²) in [5, 5.41) is 0. The highest BCUT2D eigenvalue weighted by molar-refractivity contribution is 6.09. The van der Waals surface area contributed by atoms with Crippen LogP contribution < -0.4 is 9.80 Å². The van der Waals surface area contributed by atoms with Crippen molar-refractivity contribution >= 4 is 64.6 Å². The Labute approximate surface area is 546 Å². The number of Topliss-reactive ketones (excluding diaryl/α,β-unsaturated/α-hetero) is 2. The van der Waals surface area contributed by atoms with Crippen LogP contribution in [0.25, 0.3) is 12.2 Å². The normalized spacial score (nSPS) is 20.3. The zero-order valence-corrected chi connectivity index (χ0v) is 58.5. The Hall–Kier alpha value is -6.83. The van der Waals surface area contributed by atoms with E-state index in [9.17, 15) is 28.8 Å². The van der Waals surface area contributed by atoms with Crippen LogP contribution in [0.3, 0.4) is 0 Å². The summed E-state index contributed by atoms with van der Waals surface area (Å²) in [6.45, 7) is 38.8. The maximum Gasteiger partial charge on any atom is 0.338 e. The highest BCUT2D eigenvalue weighted by atomic mass is 16.5. The molecule has 91 heavy (non-hydrogen) atoms. The van der Waals surface area contributed by atoms with Crippen LogP contribution in [0.2, 0.25) is 0 Å². The molecule has 6 rings (SSSR count). The van der Waals surface area contributed by atoms with Crippen molar-refractivity contribution in [3.63, 3.8) is 0 Å². The average molecular weight is 1250 g/mol. The molecule has 2 aromatic rings. The summed E-state index contributed by atoms with van der Waals surface area (Å²) in [6, 6.07) is 13.4. The van der Waals surface area contributed by atoms with E-state index in [-0.39, 0.29) is 89.8 Å². The lowest BCUT2D eigenvalue weighted by atomic mass is 9.66. The third-order valence-electron chi connectivity index (χ3n) is 19.2. The predicted octanol–water partition coefficient (Wildman–Crippen LogP) is 16.3. The van der Waals surface area contributed by atoms with Gasteiger partial charge in [-0.2, -0.15) is 0 Å². The summed E-state index contributed by atoms with van der Waals surface area (Å²) in [6.07, 6.45) is 23.3. The molecule has 0 radical (unpaired) electrons. The minimum atomic E-state index is -0.655. The average Bonchev–Trinajstić information content (AvgIpc) is 0.777. The Morgan fingerprint density at radius 1 is 0.571 bits per heavy atom. The van der Waals surface area contributed by atoms with Crippen LogP contribution >= 0.6 is 0 Å². The molecule has 3 unspecified atom stereocenters. The molecule has 4 aliphatic heterocycles. The van der Waals surface area contributed by atoms with E-state index in [4.69, 9.17) is 14.2 Å². The molecule has 0 saturated heterocycles. The van der Waals surface area contributed by atoms with Gasteiger partial charge in [-0.25, -0.2) is 4.79 Å². The Morgan fingerprint density at radius 3 is 1.67 bits per heavy atom. The molecular formula is C77H110N4O10. The second-order valence-corrected chi connectivity index (χ2v) is 30.1. The van der Waals surface area contributed by atoms with Gasteiger partial charge in [-0.05, 0) is 169 Å². The minimum Gasteiger partial charge on any atom is -0.466 e. The Kier molecular flexibility index (Phi) is 25.1. The number of benzene rings is 2. The number of nitrogens with zero attached hydrogens (tertiary/aromatic N) is 4. The number of carbonyl (C=O) groups excluding carboxylic acids is 7. The standard InChI is InChI=1S/C77H110N4O10/c1-18-22-23-54(21-4)53-91-71(88)60-46-55(24-26-56(60)27-33-65(82)62-50-79(72(5,6)7)42-39-75(62,13)14)25-32-68(85)64-51-80(73(8,9)10)43-40-77(64,17)48-59-47-76(15,16)63(67(84)35-37-70(87)90-45-20-3)52-81(59)58-30-28-57(29-31-58)78-41-38-74(11,12)61(49-78)66(83)34-36-69(86)89-44-19-2/h24-33,46,49-52,54,59H,18-23,34-45,47-48,53H2,1-17H3/b32-25+,33-27+. The van der Waals surface area contributed by atoms with Gasteiger partial charge in [0.05, 0.1) is 38.2 Å². The molecule has 0 bridgehead atoms. The Morgan fingerprint density at radius 2 is 1.10 bits per heavy atom. The second-order valence-electron chi connectivity index (χ2n) is 30.1. The first-order chi connectivity index (χ1) is 42.7. The van der Waals surface area contributed by atoms with Crippen LogP contribution in [0, 0.1) is 27.6 Å². The van der Waals surface area contributed by atoms with Gasteiger partial charge in [-0.3, -0.25) is 28.8 Å². The molecule has 4 aliphatic rings. The van der Waals surface area contributed by atoms with Crippen molar-refractivity contribution in [2.45, 2.75) is 231 Å². The molecule has 0 spiro atoms. The fourth-order valence-electron chi connectivity index (χ4n) is 12.8. The van der Waals surface area contributed by atoms with Crippen molar-refractivity contribution in [2.24, 2.45) is 27.6 Å². The molecular weight excluding hydrogens is 1140 g/mol. The molecule has 14 nitrogen and oxygen atoms in total. The maximum atomic E-state index is 15.3. The highest BCUT2D eigenvalue weighted by Gasteiger charge is 2.46. The van der Waals surface area contributed by atoms with Gasteiger partial charge in [0.1, 0.15) is 0 Å². The molecule has 2 aromatic carbocycles. The van der Waals surface area contributed by atoms with E-state index in [2.05, 4.69) is 123 Å². The quantitative estimate of drug-likeness (QED) is 0.0430. The lowest BCUT2D eigenvalue weighted by Crippen LogP contribution is -2.49. The molecule has 14 heteroatoms. The predicted molar refractivity (Wildman–Crippen MR) is 367 cm³/mol. The number of ether oxygens (including phenoxy) is 3. The van der Waals surface area contributed by atoms with Crippen molar-refractivity contribution in [1.82, 2.24) is 9.80 Å². The van der Waals surface area contributed by atoms with E-state index in [0.29, 0.717) is 97.4 Å². The molecule has 0 fully saturated rings. The molecule has 0 amide bonds. The summed E-state index contributed by atoms with van der Waals surface area (Å²) in [4.78, 5) is 106. The molecule has 4 heterocycles. The summed E-state index contributed by atoms with van der Waals surface area (Å²) >= 11 is 0. The van der Waals surface area contributed by atoms with Crippen LogP contribution in [0.15, 0.2) is 102 Å². The fourth-order valence-corrected chi connectivity index (χ4v) is 12.8. The fraction of sp³-hybridized carbons (Fsp3) is 0.597. The number of allylic oxidation sites excluding steroid dienone is 6. The van der Waals surface area contributed by atoms with Crippen molar-refractivity contribution in [3.8, 4) is 0 Å². The van der Waals surface area contributed by atoms with Crippen LogP contribution in [0.1, 0.15) is 236 Å². The number of carbonyl (C=O) groups is 7. The van der Waals surface area contributed by atoms with Crippen molar-refractivity contribution in [1.29, 1.82) is 0 Å². The molecule has 0 N–H and O–H groups in total. The monoisotopic (exact) mass is 1250 g/mol. The lowest BCUT2D eigenvalue weighted by molar-refractivity contribution is -0.145. The first kappa shape index (κ1) is 73.2. The topological polar surface area (TPSA) is 160 Å². The third kappa shape index (κ3) is 19.6. The maximum absolute atomic E-state index is 15.3. The zero-order valence-electron chi connectivity index (χ0n) is 58.5. The molecule has 498 valence electrons. The van der Waals surface area contributed by atoms with Crippen LogP contribution in [-0.2, 0) is 43.0 Å². The van der Waals surface area contributed by atoms with E-state index < -0.39 is 28.2 Å². The van der Waals surface area contributed by atoms with Gasteiger partial charge in [0.2, 0.25) is 0 Å². The van der Waals surface area contributed by atoms with Gasteiger partial charge in [-0.1, -0.05) is 120 Å². The zero-order chi connectivity index (χ0) is 67.3. The van der Waals surface area contributed by atoms with Crippen molar-refractivity contribution in [3.05, 3.63) is 118 Å². The smallest absolute Gasteiger partial charge is 0.338 e. The lowest BCUT2D eigenvalue weighted by Gasteiger charge is -2.49. The number of ketones is 4. The van der Waals surface area contributed by atoms with Crippen LogP contribution in [0.4, 0.5) is 11.4 Å². The van der Waals surface area contributed by atoms with Crippen LogP contribution in [-0.4, -0.2) is 107 Å². The molecule has 0 aromatic heterocycles. The van der Waals surface area contributed by atoms with Crippen molar-refractivity contribution in [2.75, 3.05) is 49.3 Å². The second kappa shape index (κ2) is 31.2. The van der Waals surface area contributed by atoms with Gasteiger partial charge in [0.15, 0.2) is 23.1 Å². The largest absolute Gasteiger partial charge is 0.466 e. The van der Waals surface area contributed by atoms with Gasteiger partial charge >= 0.3 is 17.9 Å². The van der Waals surface area contributed by atoms with E-state index in [1.165, 1.54) is 0 Å². The summed E-state index contributed by atoms with van der Waals surface area (Å²) in [5.74, 6) is -1.53. The molecule has 0 aliphatic carbocycles. The minimum absolute atomic E-state index is 0.00976. The van der Waals surface area contributed by atoms with Gasteiger partial charge < -0.3 is 33.8 Å². The molecule has 0 saturated carbocycles. The Bertz CT molecular complexity index is 3140. The summed E-state index contributed by atoms with van der Waals surface area (Å²) in [7, 11) is 0. The number of hydrogen-bond donors (Lipinski definition) is 0. The van der Waals surface area contributed by atoms with E-state index in [0.717, 1.165) is 56.4 Å². The SMILES string of the molecule is CCCCC(CC)COC(=O)c1cc(/C=C/C(=O)C2=CN(C(C)(C)C)CCC2(C)CC2CC(C)(C)C(C(=O)CCC(=O)OCCC)=CN2c2ccc(N3C=C(C(=O)CCC(=O)OCCC)C(C)(C)CC3)cc2)ccc1/C=C/C(=O)C1=CN(C(C)(C)C)CCC1(C)C. The van der Waals surface area contributed by atoms with Crippen molar-refractivity contribution < 1.29 is 47.8 Å². The number of anilines is 2. The van der Waals surface area contributed by atoms with Crippen LogP contribution in [0.5, 0.6) is 0 Å². The van der Waals surface area contributed by atoms with Gasteiger partial charge in [0.25, 0.3) is 0 Å². The third-order valence-corrected chi connectivity index (χ3v) is 19.2. The first-order valence-electron chi connectivity index (χ1n) is 33.9. The summed E-state index contributed by atoms with van der Waals surface area (Å²) < 4.78 is 16.7. The van der Waals surface area contributed by atoms with Gasteiger partial charge in [-0.15, -0.1) is 0 Å². The summed E-state index contributed by atoms with van der Waals surface area (Å²) in [5.41, 5.74) is 3.41. The van der Waals surface area contributed by atoms with E-state index in [1.54, 1.807) is 30.4 Å². The number of esters is 3. The Balaban J connectivity index is 1.36.